The smallest absolute Gasteiger partial charge is 0.330 e. The van der Waals surface area contributed by atoms with Crippen LogP contribution in [0.2, 0.25) is 0 Å². The Labute approximate surface area is 132 Å². The van der Waals surface area contributed by atoms with Gasteiger partial charge in [-0.1, -0.05) is 21.9 Å². The molecule has 1 aromatic rings. The molecule has 4 N–H and O–H groups in total. The quantitative estimate of drug-likeness (QED) is 0.479. The molecule has 0 unspecified atom stereocenters. The summed E-state index contributed by atoms with van der Waals surface area (Å²) in [6.07, 6.45) is 3.27. The molecule has 118 valence electrons. The third-order valence-corrected chi connectivity index (χ3v) is 3.68. The van der Waals surface area contributed by atoms with Gasteiger partial charge in [-0.2, -0.15) is 0 Å². The molecule has 0 saturated carbocycles. The molecular weight excluding hydrogens is 360 g/mol. The summed E-state index contributed by atoms with van der Waals surface area (Å²) in [5.41, 5.74) is -3.19. The number of aliphatic hydroxyl groups excluding tert-OH is 3. The monoisotopic (exact) mass is 372 g/mol. The van der Waals surface area contributed by atoms with Crippen LogP contribution < -0.4 is 11.2 Å². The Morgan fingerprint density at radius 2 is 2.23 bits per heavy atom. The van der Waals surface area contributed by atoms with E-state index in [9.17, 15) is 24.9 Å². The molecule has 0 bridgehead atoms. The lowest BCUT2D eigenvalue weighted by Gasteiger charge is -2.23. The van der Waals surface area contributed by atoms with Gasteiger partial charge in [0.2, 0.25) is 0 Å². The van der Waals surface area contributed by atoms with Gasteiger partial charge in [0.1, 0.15) is 12.2 Å². The van der Waals surface area contributed by atoms with Crippen molar-refractivity contribution >= 4 is 22.0 Å². The standard InChI is InChI=1S/C13H13BrN2O6/c1-2-13(6-17)9(19)8(18)11(22-13)16-5-7(3-4-14)10(20)15-12(16)21/h1,3-5,8-9,11,17-19H,6H2,(H,15,20,21)/t8-,9-,11+,13+/m0/s1. The maximum Gasteiger partial charge on any atom is 0.330 e. The molecule has 22 heavy (non-hydrogen) atoms. The van der Waals surface area contributed by atoms with E-state index in [-0.39, 0.29) is 5.56 Å². The van der Waals surface area contributed by atoms with Crippen molar-refractivity contribution in [2.45, 2.75) is 24.0 Å². The fourth-order valence-electron chi connectivity index (χ4n) is 2.18. The molecule has 0 aliphatic carbocycles. The van der Waals surface area contributed by atoms with Gasteiger partial charge in [-0.05, 0) is 11.1 Å². The highest BCUT2D eigenvalue weighted by Gasteiger charge is 2.54. The Balaban J connectivity index is 2.54. The predicted octanol–water partition coefficient (Wildman–Crippen LogP) is -1.48. The second-order valence-electron chi connectivity index (χ2n) is 4.68. The van der Waals surface area contributed by atoms with E-state index in [1.807, 2.05) is 0 Å². The fourth-order valence-corrected chi connectivity index (χ4v) is 2.47. The molecule has 4 atom stereocenters. The van der Waals surface area contributed by atoms with Crippen molar-refractivity contribution in [1.82, 2.24) is 9.55 Å². The summed E-state index contributed by atoms with van der Waals surface area (Å²) in [6, 6.07) is 0. The number of aromatic amines is 1. The van der Waals surface area contributed by atoms with Crippen LogP contribution >= 0.6 is 15.9 Å². The van der Waals surface area contributed by atoms with E-state index < -0.39 is 41.9 Å². The number of aromatic nitrogens is 2. The number of rotatable bonds is 3. The maximum atomic E-state index is 11.9. The van der Waals surface area contributed by atoms with Crippen molar-refractivity contribution in [3.05, 3.63) is 37.6 Å². The molecule has 1 saturated heterocycles. The van der Waals surface area contributed by atoms with Crippen LogP contribution in [0.15, 0.2) is 20.8 Å². The number of aliphatic hydroxyl groups is 3. The number of hydrogen-bond acceptors (Lipinski definition) is 6. The molecule has 2 heterocycles. The first-order chi connectivity index (χ1) is 10.4. The first-order valence-corrected chi connectivity index (χ1v) is 7.06. The molecule has 8 nitrogen and oxygen atoms in total. The number of hydrogen-bond donors (Lipinski definition) is 4. The van der Waals surface area contributed by atoms with Crippen LogP contribution in [0.5, 0.6) is 0 Å². The van der Waals surface area contributed by atoms with Crippen LogP contribution in [0.3, 0.4) is 0 Å². The summed E-state index contributed by atoms with van der Waals surface area (Å²) in [7, 11) is 0. The highest BCUT2D eigenvalue weighted by Crippen LogP contribution is 2.35. The average Bonchev–Trinajstić information content (AvgIpc) is 2.75. The molecule has 1 aliphatic rings. The van der Waals surface area contributed by atoms with Gasteiger partial charge >= 0.3 is 5.69 Å². The maximum absolute atomic E-state index is 11.9. The first-order valence-electron chi connectivity index (χ1n) is 6.15. The normalized spacial score (nSPS) is 31.5. The van der Waals surface area contributed by atoms with Crippen molar-refractivity contribution in [3.8, 4) is 12.3 Å². The first kappa shape index (κ1) is 16.7. The van der Waals surface area contributed by atoms with E-state index in [1.54, 1.807) is 0 Å². The number of nitrogens with zero attached hydrogens (tertiary/aromatic N) is 1. The number of H-pyrrole nitrogens is 1. The summed E-state index contributed by atoms with van der Waals surface area (Å²) >= 11 is 3.01. The minimum Gasteiger partial charge on any atom is -0.392 e. The third-order valence-electron chi connectivity index (χ3n) is 3.42. The molecular formula is C13H13BrN2O6. The average molecular weight is 373 g/mol. The molecule has 0 amide bonds. The van der Waals surface area contributed by atoms with Gasteiger partial charge in [-0.25, -0.2) is 4.79 Å². The number of halogens is 1. The zero-order chi connectivity index (χ0) is 16.5. The van der Waals surface area contributed by atoms with Gasteiger partial charge in [0.25, 0.3) is 5.56 Å². The van der Waals surface area contributed by atoms with Crippen LogP contribution in [0, 0.1) is 12.3 Å². The molecule has 0 radical (unpaired) electrons. The predicted molar refractivity (Wildman–Crippen MR) is 80.1 cm³/mol. The van der Waals surface area contributed by atoms with Gasteiger partial charge in [0.15, 0.2) is 11.8 Å². The van der Waals surface area contributed by atoms with Gasteiger partial charge in [0.05, 0.1) is 12.2 Å². The molecule has 1 aliphatic heterocycles. The largest absolute Gasteiger partial charge is 0.392 e. The fraction of sp³-hybridized carbons (Fsp3) is 0.385. The van der Waals surface area contributed by atoms with Gasteiger partial charge in [0, 0.05) is 6.20 Å². The van der Waals surface area contributed by atoms with Crippen LogP contribution in [-0.2, 0) is 4.74 Å². The van der Waals surface area contributed by atoms with Crippen LogP contribution in [0.1, 0.15) is 11.8 Å². The minimum atomic E-state index is -1.83. The zero-order valence-electron chi connectivity index (χ0n) is 11.1. The highest BCUT2D eigenvalue weighted by molar-refractivity contribution is 9.11. The van der Waals surface area contributed by atoms with Crippen molar-refractivity contribution < 1.29 is 20.1 Å². The van der Waals surface area contributed by atoms with E-state index in [0.29, 0.717) is 0 Å². The Morgan fingerprint density at radius 1 is 1.55 bits per heavy atom. The van der Waals surface area contributed by atoms with Gasteiger partial charge < -0.3 is 20.1 Å². The molecule has 2 rings (SSSR count). The van der Waals surface area contributed by atoms with Crippen molar-refractivity contribution in [2.24, 2.45) is 0 Å². The van der Waals surface area contributed by atoms with E-state index in [2.05, 4.69) is 26.8 Å². The lowest BCUT2D eigenvalue weighted by molar-refractivity contribution is -0.0936. The molecule has 0 aromatic carbocycles. The molecule has 1 fully saturated rings. The summed E-state index contributed by atoms with van der Waals surface area (Å²) < 4.78 is 6.23. The van der Waals surface area contributed by atoms with Crippen molar-refractivity contribution in [1.29, 1.82) is 0 Å². The minimum absolute atomic E-state index is 0.115. The summed E-state index contributed by atoms with van der Waals surface area (Å²) in [5, 5.41) is 29.4. The summed E-state index contributed by atoms with van der Waals surface area (Å²) in [5.74, 6) is 2.09. The Kier molecular flexibility index (Phi) is 4.69. The Hall–Kier alpha value is -1.70. The van der Waals surface area contributed by atoms with E-state index in [0.717, 1.165) is 10.8 Å². The van der Waals surface area contributed by atoms with Gasteiger partial charge in [-0.3, -0.25) is 14.3 Å². The van der Waals surface area contributed by atoms with E-state index >= 15 is 0 Å². The molecule has 1 aromatic heterocycles. The Bertz CT molecular complexity index is 748. The zero-order valence-corrected chi connectivity index (χ0v) is 12.7. The number of terminal acetylenes is 1. The summed E-state index contributed by atoms with van der Waals surface area (Å²) in [4.78, 5) is 27.0. The van der Waals surface area contributed by atoms with Crippen LogP contribution in [-0.4, -0.2) is 49.3 Å². The summed E-state index contributed by atoms with van der Waals surface area (Å²) in [6.45, 7) is -0.746. The van der Waals surface area contributed by atoms with Crippen LogP contribution in [0.25, 0.3) is 6.08 Å². The SMILES string of the molecule is C#C[C@]1(CO)O[C@@H](n2cc(C=CBr)c(=O)[nH]c2=O)[C@@H](O)[C@@H]1O. The lowest BCUT2D eigenvalue weighted by atomic mass is 9.97. The molecule has 0 spiro atoms. The number of nitrogens with one attached hydrogen (secondary N) is 1. The van der Waals surface area contributed by atoms with Crippen LogP contribution in [0.4, 0.5) is 0 Å². The molecule has 9 heteroatoms. The second kappa shape index (κ2) is 6.20. The highest BCUT2D eigenvalue weighted by atomic mass is 79.9. The number of ether oxygens (including phenoxy) is 1. The van der Waals surface area contributed by atoms with E-state index in [4.69, 9.17) is 11.2 Å². The van der Waals surface area contributed by atoms with Gasteiger partial charge in [-0.15, -0.1) is 6.42 Å². The second-order valence-corrected chi connectivity index (χ2v) is 5.21. The lowest BCUT2D eigenvalue weighted by Crippen LogP contribution is -2.45. The van der Waals surface area contributed by atoms with E-state index in [1.165, 1.54) is 11.1 Å². The Morgan fingerprint density at radius 3 is 2.73 bits per heavy atom. The topological polar surface area (TPSA) is 125 Å². The van der Waals surface area contributed by atoms with Crippen molar-refractivity contribution in [3.63, 3.8) is 0 Å². The third kappa shape index (κ3) is 2.55. The van der Waals surface area contributed by atoms with Crippen molar-refractivity contribution in [2.75, 3.05) is 6.61 Å².